The van der Waals surface area contributed by atoms with Crippen molar-refractivity contribution in [3.05, 3.63) is 48.5 Å². The van der Waals surface area contributed by atoms with Crippen LogP contribution in [0.5, 0.6) is 0 Å². The van der Waals surface area contributed by atoms with Crippen LogP contribution in [0.25, 0.3) is 0 Å². The zero-order chi connectivity index (χ0) is 14.4. The van der Waals surface area contributed by atoms with Gasteiger partial charge in [-0.15, -0.1) is 0 Å². The number of nitrogens with zero attached hydrogens (tertiary/aromatic N) is 2. The third-order valence-corrected chi connectivity index (χ3v) is 3.20. The fourth-order valence-corrected chi connectivity index (χ4v) is 2.01. The lowest BCUT2D eigenvalue weighted by Crippen LogP contribution is -2.21. The molecular weight excluding hydrogens is 248 g/mol. The van der Waals surface area contributed by atoms with Gasteiger partial charge in [-0.1, -0.05) is 0 Å². The Bertz CT molecular complexity index is 515. The van der Waals surface area contributed by atoms with Crippen LogP contribution >= 0.6 is 0 Å². The molecule has 0 heterocycles. The van der Waals surface area contributed by atoms with Gasteiger partial charge in [-0.05, 0) is 62.4 Å². The van der Waals surface area contributed by atoms with Crippen molar-refractivity contribution in [2.75, 3.05) is 29.1 Å². The molecule has 0 aliphatic rings. The maximum atomic E-state index is 5.64. The van der Waals surface area contributed by atoms with Crippen molar-refractivity contribution in [2.45, 2.75) is 13.8 Å². The second-order valence-electron chi connectivity index (χ2n) is 4.53. The first-order valence-corrected chi connectivity index (χ1v) is 6.90. The Kier molecular flexibility index (Phi) is 4.71. The predicted molar refractivity (Wildman–Crippen MR) is 86.3 cm³/mol. The highest BCUT2D eigenvalue weighted by Crippen LogP contribution is 2.18. The van der Waals surface area contributed by atoms with Crippen molar-refractivity contribution in [3.8, 4) is 0 Å². The summed E-state index contributed by atoms with van der Waals surface area (Å²) in [6, 6.07) is 15.7. The summed E-state index contributed by atoms with van der Waals surface area (Å²) in [5, 5.41) is 0. The lowest BCUT2D eigenvalue weighted by molar-refractivity contribution is 0.866. The molecule has 2 rings (SSSR count). The van der Waals surface area contributed by atoms with Crippen LogP contribution in [-0.2, 0) is 0 Å². The minimum atomic E-state index is 0.743. The van der Waals surface area contributed by atoms with Crippen LogP contribution in [0.1, 0.15) is 13.8 Å². The van der Waals surface area contributed by atoms with Crippen molar-refractivity contribution in [3.63, 3.8) is 0 Å². The van der Waals surface area contributed by atoms with Gasteiger partial charge in [0.2, 0.25) is 0 Å². The van der Waals surface area contributed by atoms with E-state index in [1.54, 1.807) is 0 Å². The SMILES string of the molecule is CCN(CC)c1ccc(N[N]c2ccc(N)cc2)cc1. The molecule has 0 aromatic heterocycles. The molecule has 105 valence electrons. The monoisotopic (exact) mass is 269 g/mol. The molecule has 4 nitrogen and oxygen atoms in total. The Morgan fingerprint density at radius 2 is 1.55 bits per heavy atom. The van der Waals surface area contributed by atoms with Crippen LogP contribution in [0.2, 0.25) is 0 Å². The Morgan fingerprint density at radius 1 is 0.950 bits per heavy atom. The van der Waals surface area contributed by atoms with Gasteiger partial charge in [-0.3, -0.25) is 5.43 Å². The summed E-state index contributed by atoms with van der Waals surface area (Å²) in [6.45, 7) is 6.34. The smallest absolute Gasteiger partial charge is 0.0835 e. The average molecular weight is 269 g/mol. The number of nitrogen functional groups attached to an aromatic ring is 1. The zero-order valence-electron chi connectivity index (χ0n) is 12.0. The van der Waals surface area contributed by atoms with Crippen LogP contribution in [0.4, 0.5) is 22.7 Å². The number of benzene rings is 2. The van der Waals surface area contributed by atoms with E-state index in [2.05, 4.69) is 41.7 Å². The van der Waals surface area contributed by atoms with Crippen molar-refractivity contribution < 1.29 is 0 Å². The van der Waals surface area contributed by atoms with E-state index in [1.807, 2.05) is 36.4 Å². The molecule has 2 aromatic carbocycles. The van der Waals surface area contributed by atoms with E-state index in [0.717, 1.165) is 30.2 Å². The fourth-order valence-electron chi connectivity index (χ4n) is 2.01. The number of hydrogen-bond donors (Lipinski definition) is 2. The summed E-state index contributed by atoms with van der Waals surface area (Å²) < 4.78 is 0. The molecule has 0 unspecified atom stereocenters. The van der Waals surface area contributed by atoms with E-state index in [9.17, 15) is 0 Å². The first-order valence-electron chi connectivity index (χ1n) is 6.90. The first kappa shape index (κ1) is 14.1. The third kappa shape index (κ3) is 3.57. The fraction of sp³-hybridized carbons (Fsp3) is 0.250. The van der Waals surface area contributed by atoms with Gasteiger partial charge in [-0.25, -0.2) is 0 Å². The molecule has 0 fully saturated rings. The van der Waals surface area contributed by atoms with Gasteiger partial charge in [0.25, 0.3) is 0 Å². The van der Waals surface area contributed by atoms with Gasteiger partial charge in [0.1, 0.15) is 0 Å². The van der Waals surface area contributed by atoms with Crippen LogP contribution in [0.3, 0.4) is 0 Å². The van der Waals surface area contributed by atoms with E-state index in [1.165, 1.54) is 5.69 Å². The summed E-state index contributed by atoms with van der Waals surface area (Å²) in [7, 11) is 0. The maximum Gasteiger partial charge on any atom is 0.0835 e. The molecule has 4 heteroatoms. The van der Waals surface area contributed by atoms with Gasteiger partial charge < -0.3 is 10.6 Å². The molecule has 3 N–H and O–H groups in total. The van der Waals surface area contributed by atoms with E-state index >= 15 is 0 Å². The Morgan fingerprint density at radius 3 is 2.10 bits per heavy atom. The molecule has 0 spiro atoms. The normalized spacial score (nSPS) is 10.1. The van der Waals surface area contributed by atoms with Gasteiger partial charge >= 0.3 is 0 Å². The summed E-state index contributed by atoms with van der Waals surface area (Å²) in [5.41, 5.74) is 16.8. The third-order valence-electron chi connectivity index (χ3n) is 3.20. The van der Waals surface area contributed by atoms with Crippen molar-refractivity contribution >= 4 is 22.7 Å². The highest BCUT2D eigenvalue weighted by atomic mass is 15.4. The Balaban J connectivity index is 1.95. The molecular formula is C16H21N4. The number of anilines is 3. The molecule has 2 aromatic rings. The highest BCUT2D eigenvalue weighted by Gasteiger charge is 2.01. The molecule has 0 amide bonds. The first-order chi connectivity index (χ1) is 9.72. The lowest BCUT2D eigenvalue weighted by atomic mass is 10.2. The van der Waals surface area contributed by atoms with Crippen molar-refractivity contribution in [2.24, 2.45) is 0 Å². The molecule has 20 heavy (non-hydrogen) atoms. The molecule has 0 atom stereocenters. The lowest BCUT2D eigenvalue weighted by Gasteiger charge is -2.21. The van der Waals surface area contributed by atoms with Crippen molar-refractivity contribution in [1.82, 2.24) is 5.43 Å². The largest absolute Gasteiger partial charge is 0.399 e. The van der Waals surface area contributed by atoms with Gasteiger partial charge in [0, 0.05) is 24.5 Å². The second-order valence-corrected chi connectivity index (χ2v) is 4.53. The quantitative estimate of drug-likeness (QED) is 0.624. The molecule has 0 bridgehead atoms. The topological polar surface area (TPSA) is 55.4 Å². The van der Waals surface area contributed by atoms with E-state index < -0.39 is 0 Å². The number of nitrogens with one attached hydrogen (secondary N) is 1. The highest BCUT2D eigenvalue weighted by molar-refractivity contribution is 5.56. The molecule has 0 aliphatic heterocycles. The zero-order valence-corrected chi connectivity index (χ0v) is 12.0. The molecule has 0 saturated heterocycles. The van der Waals surface area contributed by atoms with Crippen LogP contribution < -0.4 is 21.5 Å². The number of hydrogen-bond acceptors (Lipinski definition) is 3. The van der Waals surface area contributed by atoms with E-state index in [4.69, 9.17) is 5.73 Å². The maximum absolute atomic E-state index is 5.64. The molecule has 0 aliphatic carbocycles. The standard InChI is InChI=1S/C16H21N4/c1-3-20(4-2)16-11-9-15(10-12-16)19-18-14-7-5-13(17)6-8-14/h5-12,19H,3-4,17H2,1-2H3. The Labute approximate surface area is 120 Å². The molecule has 0 saturated carbocycles. The predicted octanol–water partition coefficient (Wildman–Crippen LogP) is 3.38. The summed E-state index contributed by atoms with van der Waals surface area (Å²) in [6.07, 6.45) is 0. The summed E-state index contributed by atoms with van der Waals surface area (Å²) in [5.74, 6) is 0. The summed E-state index contributed by atoms with van der Waals surface area (Å²) >= 11 is 0. The van der Waals surface area contributed by atoms with Crippen molar-refractivity contribution in [1.29, 1.82) is 0 Å². The van der Waals surface area contributed by atoms with Gasteiger partial charge in [0.15, 0.2) is 0 Å². The second kappa shape index (κ2) is 6.70. The van der Waals surface area contributed by atoms with E-state index in [0.29, 0.717) is 0 Å². The van der Waals surface area contributed by atoms with Crippen LogP contribution in [0, 0.1) is 0 Å². The minimum absolute atomic E-state index is 0.743. The van der Waals surface area contributed by atoms with Gasteiger partial charge in [-0.2, -0.15) is 5.43 Å². The minimum Gasteiger partial charge on any atom is -0.399 e. The average Bonchev–Trinajstić information content (AvgIpc) is 2.49. The number of rotatable bonds is 6. The molecule has 1 radical (unpaired) electrons. The summed E-state index contributed by atoms with van der Waals surface area (Å²) in [4.78, 5) is 2.31. The van der Waals surface area contributed by atoms with Gasteiger partial charge in [0.05, 0.1) is 11.4 Å². The number of nitrogens with two attached hydrogens (primary N) is 1. The van der Waals surface area contributed by atoms with E-state index in [-0.39, 0.29) is 0 Å². The Hall–Kier alpha value is -2.36. The van der Waals surface area contributed by atoms with Crippen LogP contribution in [-0.4, -0.2) is 13.1 Å². The van der Waals surface area contributed by atoms with Crippen LogP contribution in [0.15, 0.2) is 48.5 Å².